The zero-order chi connectivity index (χ0) is 24.8. The average Bonchev–Trinajstić information content (AvgIpc) is 2.70. The molecule has 0 aromatic heterocycles. The van der Waals surface area contributed by atoms with Crippen molar-refractivity contribution in [3.63, 3.8) is 0 Å². The molecule has 2 rings (SSSR count). The van der Waals surface area contributed by atoms with Crippen LogP contribution in [-0.4, -0.2) is 68.8 Å². The number of benzene rings is 1. The second kappa shape index (κ2) is 11.5. The molecule has 1 aliphatic rings. The molecule has 0 radical (unpaired) electrons. The first-order valence-electron chi connectivity index (χ1n) is 9.69. The van der Waals surface area contributed by atoms with Gasteiger partial charge in [0.1, 0.15) is 12.7 Å². The van der Waals surface area contributed by atoms with Crippen molar-refractivity contribution in [3.05, 3.63) is 30.3 Å². The molecule has 182 valence electrons. The van der Waals surface area contributed by atoms with E-state index in [-0.39, 0.29) is 4.90 Å². The van der Waals surface area contributed by atoms with Gasteiger partial charge in [-0.15, -0.1) is 0 Å². The highest BCUT2D eigenvalue weighted by molar-refractivity contribution is 8.72. The fraction of sp³-hybridized carbons (Fsp3) is 0.500. The summed E-state index contributed by atoms with van der Waals surface area (Å²) in [5.74, 6) is -3.08. The maximum atomic E-state index is 13.0. The van der Waals surface area contributed by atoms with Crippen LogP contribution in [0, 0.1) is 0 Å². The highest BCUT2D eigenvalue weighted by Gasteiger charge is 2.53. The topological polar surface area (TPSA) is 149 Å². The highest BCUT2D eigenvalue weighted by Crippen LogP contribution is 2.38. The summed E-state index contributed by atoms with van der Waals surface area (Å²) in [4.78, 5) is 46.6. The van der Waals surface area contributed by atoms with Crippen molar-refractivity contribution in [3.8, 4) is 0 Å². The van der Waals surface area contributed by atoms with E-state index < -0.39 is 69.2 Å². The van der Waals surface area contributed by atoms with Crippen LogP contribution in [0.25, 0.3) is 0 Å². The molecule has 1 heterocycles. The van der Waals surface area contributed by atoms with Crippen LogP contribution in [0.5, 0.6) is 0 Å². The Morgan fingerprint density at radius 2 is 1.33 bits per heavy atom. The summed E-state index contributed by atoms with van der Waals surface area (Å²) < 4.78 is 52.5. The Morgan fingerprint density at radius 3 is 1.85 bits per heavy atom. The number of carbonyl (C=O) groups excluding carboxylic acids is 4. The van der Waals surface area contributed by atoms with Crippen LogP contribution in [0.4, 0.5) is 0 Å². The third-order valence-electron chi connectivity index (χ3n) is 4.20. The maximum absolute atomic E-state index is 13.0. The molecule has 5 unspecified atom stereocenters. The van der Waals surface area contributed by atoms with Crippen LogP contribution in [0.1, 0.15) is 27.7 Å². The summed E-state index contributed by atoms with van der Waals surface area (Å²) in [5, 5.41) is 0. The molecule has 0 amide bonds. The second-order valence-corrected chi connectivity index (χ2v) is 10.9. The Hall–Kier alpha value is -2.64. The van der Waals surface area contributed by atoms with Crippen molar-refractivity contribution < 1.29 is 51.3 Å². The van der Waals surface area contributed by atoms with Crippen molar-refractivity contribution in [1.82, 2.24) is 0 Å². The van der Waals surface area contributed by atoms with E-state index in [9.17, 15) is 27.6 Å². The lowest BCUT2D eigenvalue weighted by molar-refractivity contribution is -0.237. The molecule has 0 spiro atoms. The molecule has 1 aromatic carbocycles. The maximum Gasteiger partial charge on any atom is 0.303 e. The van der Waals surface area contributed by atoms with Crippen molar-refractivity contribution in [2.75, 3.05) is 6.61 Å². The fourth-order valence-electron chi connectivity index (χ4n) is 3.03. The van der Waals surface area contributed by atoms with E-state index in [4.69, 9.17) is 23.7 Å². The number of rotatable bonds is 8. The molecule has 5 atom stereocenters. The standard InChI is InChI=1S/C20H24O11S2/c1-11(21)27-10-16-17(28-12(2)22)18(29-13(3)23)19(30-14(4)24)20(31-16)32-33(25,26)15-8-6-5-7-9-15/h5-9,16-20H,10H2,1-4H3. The summed E-state index contributed by atoms with van der Waals surface area (Å²) >= 11 is 0. The first-order chi connectivity index (χ1) is 15.4. The lowest BCUT2D eigenvalue weighted by Crippen LogP contribution is -2.61. The van der Waals surface area contributed by atoms with Gasteiger partial charge in [0.2, 0.25) is 8.87 Å². The number of ether oxygens (including phenoxy) is 5. The SMILES string of the molecule is CC(=O)OCC1OC(SS(=O)(=O)c2ccccc2)C(OC(C)=O)C(OC(C)=O)C1OC(C)=O. The Morgan fingerprint density at radius 1 is 0.818 bits per heavy atom. The number of carbonyl (C=O) groups is 4. The van der Waals surface area contributed by atoms with Crippen molar-refractivity contribution >= 4 is 43.5 Å². The predicted octanol–water partition coefficient (Wildman–Crippen LogP) is 1.19. The monoisotopic (exact) mass is 504 g/mol. The smallest absolute Gasteiger partial charge is 0.303 e. The normalized spacial score (nSPS) is 24.9. The van der Waals surface area contributed by atoms with Crippen LogP contribution >= 0.6 is 10.8 Å². The molecule has 0 aliphatic carbocycles. The Balaban J connectivity index is 2.50. The third kappa shape index (κ3) is 7.72. The van der Waals surface area contributed by atoms with E-state index in [2.05, 4.69) is 0 Å². The van der Waals surface area contributed by atoms with Gasteiger partial charge in [-0.25, -0.2) is 8.42 Å². The predicted molar refractivity (Wildman–Crippen MR) is 113 cm³/mol. The molecular weight excluding hydrogens is 480 g/mol. The molecule has 1 aliphatic heterocycles. The summed E-state index contributed by atoms with van der Waals surface area (Å²) in [7, 11) is -3.72. The second-order valence-electron chi connectivity index (χ2n) is 6.93. The van der Waals surface area contributed by atoms with Gasteiger partial charge in [0, 0.05) is 38.5 Å². The minimum atomic E-state index is -4.03. The van der Waals surface area contributed by atoms with Crippen molar-refractivity contribution in [2.24, 2.45) is 0 Å². The lowest BCUT2D eigenvalue weighted by atomic mass is 9.99. The van der Waals surface area contributed by atoms with Crippen LogP contribution < -0.4 is 0 Å². The van der Waals surface area contributed by atoms with Gasteiger partial charge in [-0.1, -0.05) is 18.2 Å². The Bertz CT molecular complexity index is 977. The van der Waals surface area contributed by atoms with Crippen LogP contribution in [0.2, 0.25) is 0 Å². The van der Waals surface area contributed by atoms with Gasteiger partial charge in [-0.3, -0.25) is 19.2 Å². The van der Waals surface area contributed by atoms with E-state index in [1.165, 1.54) is 24.3 Å². The Labute approximate surface area is 194 Å². The van der Waals surface area contributed by atoms with E-state index in [0.29, 0.717) is 10.8 Å². The summed E-state index contributed by atoms with van der Waals surface area (Å²) in [6.45, 7) is 3.94. The van der Waals surface area contributed by atoms with Crippen molar-refractivity contribution in [2.45, 2.75) is 62.4 Å². The zero-order valence-electron chi connectivity index (χ0n) is 18.3. The van der Waals surface area contributed by atoms with E-state index in [1.807, 2.05) is 0 Å². The van der Waals surface area contributed by atoms with E-state index >= 15 is 0 Å². The molecule has 1 fully saturated rings. The van der Waals surface area contributed by atoms with Gasteiger partial charge in [-0.05, 0) is 12.1 Å². The Kier molecular flexibility index (Phi) is 9.25. The summed E-state index contributed by atoms with van der Waals surface area (Å²) in [6.07, 6.45) is -5.48. The summed E-state index contributed by atoms with van der Waals surface area (Å²) in [5.41, 5.74) is -1.42. The first-order valence-corrected chi connectivity index (χ1v) is 12.6. The molecule has 1 saturated heterocycles. The van der Waals surface area contributed by atoms with E-state index in [0.717, 1.165) is 27.7 Å². The molecule has 0 N–H and O–H groups in total. The van der Waals surface area contributed by atoms with Gasteiger partial charge in [0.05, 0.1) is 4.90 Å². The first kappa shape index (κ1) is 26.6. The highest BCUT2D eigenvalue weighted by atomic mass is 33.1. The summed E-state index contributed by atoms with van der Waals surface area (Å²) in [6, 6.07) is 7.43. The van der Waals surface area contributed by atoms with E-state index in [1.54, 1.807) is 6.07 Å². The molecule has 1 aromatic rings. The molecule has 0 bridgehead atoms. The van der Waals surface area contributed by atoms with Gasteiger partial charge < -0.3 is 23.7 Å². The van der Waals surface area contributed by atoms with Crippen LogP contribution in [-0.2, 0) is 51.7 Å². The minimum Gasteiger partial charge on any atom is -0.463 e. The molecule has 11 nitrogen and oxygen atoms in total. The fourth-order valence-corrected chi connectivity index (χ4v) is 6.27. The molecule has 13 heteroatoms. The van der Waals surface area contributed by atoms with Gasteiger partial charge in [0.15, 0.2) is 23.7 Å². The number of hydrogen-bond acceptors (Lipinski definition) is 12. The molecule has 0 saturated carbocycles. The van der Waals surface area contributed by atoms with Crippen LogP contribution in [0.3, 0.4) is 0 Å². The minimum absolute atomic E-state index is 0.0390. The number of hydrogen-bond donors (Lipinski definition) is 0. The van der Waals surface area contributed by atoms with Gasteiger partial charge >= 0.3 is 23.9 Å². The quantitative estimate of drug-likeness (QED) is 0.284. The number of esters is 4. The van der Waals surface area contributed by atoms with Crippen molar-refractivity contribution in [1.29, 1.82) is 0 Å². The third-order valence-corrected chi connectivity index (χ3v) is 7.78. The molecule has 33 heavy (non-hydrogen) atoms. The van der Waals surface area contributed by atoms with Gasteiger partial charge in [0.25, 0.3) is 0 Å². The van der Waals surface area contributed by atoms with Crippen LogP contribution in [0.15, 0.2) is 35.2 Å². The average molecular weight is 505 g/mol. The van der Waals surface area contributed by atoms with Gasteiger partial charge in [-0.2, -0.15) is 0 Å². The lowest BCUT2D eigenvalue weighted by Gasteiger charge is -2.43. The largest absolute Gasteiger partial charge is 0.463 e. The molecular formula is C20H24O11S2. The zero-order valence-corrected chi connectivity index (χ0v) is 19.9.